The van der Waals surface area contributed by atoms with Crippen LogP contribution in [-0.4, -0.2) is 33.2 Å². The highest BCUT2D eigenvalue weighted by Gasteiger charge is 2.26. The van der Waals surface area contributed by atoms with E-state index in [9.17, 15) is 4.79 Å². The summed E-state index contributed by atoms with van der Waals surface area (Å²) >= 11 is 3.44. The fraction of sp³-hybridized carbons (Fsp3) is 0.143. The number of halogens is 1. The summed E-state index contributed by atoms with van der Waals surface area (Å²) in [5.41, 5.74) is 1.71. The van der Waals surface area contributed by atoms with Crippen molar-refractivity contribution in [1.29, 1.82) is 0 Å². The molecule has 0 amide bonds. The lowest BCUT2D eigenvalue weighted by Crippen LogP contribution is -2.07. The third kappa shape index (κ3) is 4.26. The standard InChI is InChI=1S/C21H18BrNO5/c1-25-17-10-14(11-18(26-2)19(17)27-3)20-23-16(21(24)28-20)12-15(22)9-13-7-5-4-6-8-13/h4-12H,1-3H3/b15-9-,16-12-. The highest BCUT2D eigenvalue weighted by atomic mass is 79.9. The van der Waals surface area contributed by atoms with Crippen LogP contribution in [-0.2, 0) is 9.53 Å². The first kappa shape index (κ1) is 19.7. The lowest BCUT2D eigenvalue weighted by atomic mass is 10.1. The lowest BCUT2D eigenvalue weighted by molar-refractivity contribution is -0.130. The first-order chi connectivity index (χ1) is 13.5. The Bertz CT molecular complexity index is 955. The van der Waals surface area contributed by atoms with E-state index in [-0.39, 0.29) is 11.6 Å². The van der Waals surface area contributed by atoms with Crippen molar-refractivity contribution >= 4 is 33.9 Å². The molecule has 0 unspecified atom stereocenters. The van der Waals surface area contributed by atoms with Crippen LogP contribution in [0.15, 0.2) is 63.7 Å². The van der Waals surface area contributed by atoms with Crippen LogP contribution in [0.5, 0.6) is 17.2 Å². The molecule has 0 aromatic heterocycles. The Morgan fingerprint density at radius 1 is 1.04 bits per heavy atom. The molecule has 144 valence electrons. The molecule has 0 N–H and O–H groups in total. The number of cyclic esters (lactones) is 1. The zero-order valence-corrected chi connectivity index (χ0v) is 17.1. The number of ether oxygens (including phenoxy) is 4. The maximum absolute atomic E-state index is 12.2. The van der Waals surface area contributed by atoms with E-state index in [1.807, 2.05) is 36.4 Å². The highest BCUT2D eigenvalue weighted by molar-refractivity contribution is 9.12. The number of carbonyl (C=O) groups is 1. The quantitative estimate of drug-likeness (QED) is 0.490. The topological polar surface area (TPSA) is 66.4 Å². The number of esters is 1. The van der Waals surface area contributed by atoms with Gasteiger partial charge in [0, 0.05) is 10.0 Å². The fourth-order valence-corrected chi connectivity index (χ4v) is 3.10. The van der Waals surface area contributed by atoms with Gasteiger partial charge in [0.05, 0.1) is 21.3 Å². The Balaban J connectivity index is 1.95. The van der Waals surface area contributed by atoms with Crippen LogP contribution in [0.4, 0.5) is 0 Å². The molecule has 0 bridgehead atoms. The van der Waals surface area contributed by atoms with Crippen LogP contribution in [0, 0.1) is 0 Å². The van der Waals surface area contributed by atoms with Gasteiger partial charge in [0.1, 0.15) is 0 Å². The largest absolute Gasteiger partial charge is 0.493 e. The van der Waals surface area contributed by atoms with Crippen LogP contribution in [0.2, 0.25) is 0 Å². The molecular weight excluding hydrogens is 426 g/mol. The second-order valence-corrected chi connectivity index (χ2v) is 6.61. The number of carbonyl (C=O) groups excluding carboxylic acids is 1. The number of nitrogens with zero attached hydrogens (tertiary/aromatic N) is 1. The summed E-state index contributed by atoms with van der Waals surface area (Å²) in [5, 5.41) is 0. The number of rotatable bonds is 6. The first-order valence-electron chi connectivity index (χ1n) is 8.31. The van der Waals surface area contributed by atoms with E-state index in [0.29, 0.717) is 27.3 Å². The molecule has 3 rings (SSSR count). The molecule has 0 saturated heterocycles. The molecule has 6 nitrogen and oxygen atoms in total. The van der Waals surface area contributed by atoms with E-state index in [1.54, 1.807) is 18.2 Å². The first-order valence-corrected chi connectivity index (χ1v) is 9.10. The Morgan fingerprint density at radius 2 is 1.68 bits per heavy atom. The summed E-state index contributed by atoms with van der Waals surface area (Å²) in [7, 11) is 4.55. The second-order valence-electron chi connectivity index (χ2n) is 5.69. The zero-order valence-electron chi connectivity index (χ0n) is 15.6. The Kier molecular flexibility index (Phi) is 6.16. The van der Waals surface area contributed by atoms with Crippen molar-refractivity contribution in [2.24, 2.45) is 4.99 Å². The predicted molar refractivity (Wildman–Crippen MR) is 110 cm³/mol. The molecular formula is C21H18BrNO5. The maximum atomic E-state index is 12.2. The maximum Gasteiger partial charge on any atom is 0.363 e. The second kappa shape index (κ2) is 8.75. The van der Waals surface area contributed by atoms with Gasteiger partial charge in [0.15, 0.2) is 17.2 Å². The monoisotopic (exact) mass is 443 g/mol. The van der Waals surface area contributed by atoms with Gasteiger partial charge in [-0.05, 0) is 29.8 Å². The molecule has 0 atom stereocenters. The number of allylic oxidation sites excluding steroid dienone is 2. The number of aliphatic imine (C=N–C) groups is 1. The van der Waals surface area contributed by atoms with Gasteiger partial charge < -0.3 is 18.9 Å². The third-order valence-electron chi connectivity index (χ3n) is 3.91. The summed E-state index contributed by atoms with van der Waals surface area (Å²) < 4.78 is 22.0. The minimum atomic E-state index is -0.540. The van der Waals surface area contributed by atoms with Crippen molar-refractivity contribution in [2.45, 2.75) is 0 Å². The van der Waals surface area contributed by atoms with E-state index < -0.39 is 5.97 Å². The summed E-state index contributed by atoms with van der Waals surface area (Å²) in [6.45, 7) is 0. The van der Waals surface area contributed by atoms with Crippen molar-refractivity contribution in [1.82, 2.24) is 0 Å². The smallest absolute Gasteiger partial charge is 0.363 e. The molecule has 0 aliphatic carbocycles. The highest BCUT2D eigenvalue weighted by Crippen LogP contribution is 2.39. The summed E-state index contributed by atoms with van der Waals surface area (Å²) in [6, 6.07) is 13.1. The molecule has 0 fully saturated rings. The van der Waals surface area contributed by atoms with Crippen molar-refractivity contribution in [3.05, 3.63) is 69.8 Å². The van der Waals surface area contributed by atoms with Gasteiger partial charge in [-0.2, -0.15) is 0 Å². The fourth-order valence-electron chi connectivity index (χ4n) is 2.62. The van der Waals surface area contributed by atoms with Gasteiger partial charge in [-0.15, -0.1) is 0 Å². The van der Waals surface area contributed by atoms with Crippen LogP contribution < -0.4 is 14.2 Å². The summed E-state index contributed by atoms with van der Waals surface area (Å²) in [4.78, 5) is 16.5. The minimum Gasteiger partial charge on any atom is -0.493 e. The Morgan fingerprint density at radius 3 is 2.25 bits per heavy atom. The van der Waals surface area contributed by atoms with Crippen LogP contribution in [0.1, 0.15) is 11.1 Å². The van der Waals surface area contributed by atoms with Crippen LogP contribution >= 0.6 is 15.9 Å². The molecule has 0 spiro atoms. The summed E-state index contributed by atoms with van der Waals surface area (Å²) in [5.74, 6) is 0.956. The SMILES string of the molecule is COc1cc(C2=N/C(=C\C(Br)=C\c3ccccc3)C(=O)O2)cc(OC)c1OC. The third-order valence-corrected chi connectivity index (χ3v) is 4.37. The van der Waals surface area contributed by atoms with Crippen LogP contribution in [0.3, 0.4) is 0 Å². The number of hydrogen-bond donors (Lipinski definition) is 0. The predicted octanol–water partition coefficient (Wildman–Crippen LogP) is 4.34. The molecule has 0 saturated carbocycles. The van der Waals surface area contributed by atoms with E-state index in [4.69, 9.17) is 18.9 Å². The van der Waals surface area contributed by atoms with Crippen molar-refractivity contribution in [2.75, 3.05) is 21.3 Å². The van der Waals surface area contributed by atoms with E-state index in [0.717, 1.165) is 5.56 Å². The lowest BCUT2D eigenvalue weighted by Gasteiger charge is -2.13. The zero-order chi connectivity index (χ0) is 20.1. The molecule has 7 heteroatoms. The molecule has 1 aliphatic rings. The average molecular weight is 444 g/mol. The van der Waals surface area contributed by atoms with Gasteiger partial charge in [0.2, 0.25) is 11.6 Å². The molecule has 2 aromatic rings. The molecule has 1 heterocycles. The molecule has 2 aromatic carbocycles. The van der Waals surface area contributed by atoms with Gasteiger partial charge in [-0.3, -0.25) is 0 Å². The summed E-state index contributed by atoms with van der Waals surface area (Å²) in [6.07, 6.45) is 3.49. The molecule has 0 radical (unpaired) electrons. The van der Waals surface area contributed by atoms with Crippen molar-refractivity contribution in [3.8, 4) is 17.2 Å². The molecule has 28 heavy (non-hydrogen) atoms. The van der Waals surface area contributed by atoms with E-state index in [2.05, 4.69) is 20.9 Å². The van der Waals surface area contributed by atoms with Crippen molar-refractivity contribution < 1.29 is 23.7 Å². The van der Waals surface area contributed by atoms with Crippen LogP contribution in [0.25, 0.3) is 6.08 Å². The van der Waals surface area contributed by atoms with Gasteiger partial charge in [0.25, 0.3) is 0 Å². The van der Waals surface area contributed by atoms with Gasteiger partial charge in [-0.1, -0.05) is 46.3 Å². The minimum absolute atomic E-state index is 0.163. The average Bonchev–Trinajstić information content (AvgIpc) is 3.07. The Labute approximate surface area is 171 Å². The van der Waals surface area contributed by atoms with Gasteiger partial charge >= 0.3 is 5.97 Å². The number of hydrogen-bond acceptors (Lipinski definition) is 6. The van der Waals surface area contributed by atoms with Gasteiger partial charge in [-0.25, -0.2) is 9.79 Å². The normalized spacial score (nSPS) is 15.3. The van der Waals surface area contributed by atoms with Crippen molar-refractivity contribution in [3.63, 3.8) is 0 Å². The number of methoxy groups -OCH3 is 3. The van der Waals surface area contributed by atoms with E-state index >= 15 is 0 Å². The number of benzene rings is 2. The molecule has 1 aliphatic heterocycles. The Hall–Kier alpha value is -3.06. The van der Waals surface area contributed by atoms with E-state index in [1.165, 1.54) is 21.3 Å².